The molecule has 1 N–H and O–H groups in total. The molecule has 1 heterocycles. The number of carbonyl (C=O) groups excluding carboxylic acids is 1. The third-order valence-electron chi connectivity index (χ3n) is 2.98. The number of amides is 1. The number of carbonyl (C=O) groups is 1. The SMILES string of the molecule is CNc1cc(Br)cc2c1C(=O)N(CC(F)(F)F)CC2. The van der Waals surface area contributed by atoms with E-state index >= 15 is 0 Å². The Morgan fingerprint density at radius 1 is 1.42 bits per heavy atom. The minimum absolute atomic E-state index is 0.0882. The smallest absolute Gasteiger partial charge is 0.387 e. The lowest BCUT2D eigenvalue weighted by atomic mass is 9.97. The van der Waals surface area contributed by atoms with Gasteiger partial charge in [0.15, 0.2) is 0 Å². The zero-order valence-corrected chi connectivity index (χ0v) is 11.7. The molecule has 1 aromatic carbocycles. The van der Waals surface area contributed by atoms with Crippen LogP contribution < -0.4 is 5.32 Å². The summed E-state index contributed by atoms with van der Waals surface area (Å²) in [6.07, 6.45) is -3.95. The van der Waals surface area contributed by atoms with Gasteiger partial charge in [-0.05, 0) is 24.1 Å². The highest BCUT2D eigenvalue weighted by Crippen LogP contribution is 2.31. The summed E-state index contributed by atoms with van der Waals surface area (Å²) in [4.78, 5) is 13.0. The van der Waals surface area contributed by atoms with Crippen LogP contribution in [0.4, 0.5) is 18.9 Å². The van der Waals surface area contributed by atoms with E-state index in [-0.39, 0.29) is 6.54 Å². The van der Waals surface area contributed by atoms with Gasteiger partial charge < -0.3 is 10.2 Å². The Hall–Kier alpha value is -1.24. The lowest BCUT2D eigenvalue weighted by Crippen LogP contribution is -2.43. The summed E-state index contributed by atoms with van der Waals surface area (Å²) in [6, 6.07) is 3.47. The van der Waals surface area contributed by atoms with Crippen LogP contribution in [0.25, 0.3) is 0 Å². The first-order valence-electron chi connectivity index (χ1n) is 5.68. The van der Waals surface area contributed by atoms with Gasteiger partial charge in [-0.1, -0.05) is 15.9 Å². The van der Waals surface area contributed by atoms with Crippen LogP contribution >= 0.6 is 15.9 Å². The Labute approximate surface area is 116 Å². The first kappa shape index (κ1) is 14.2. The molecule has 1 aliphatic rings. The van der Waals surface area contributed by atoms with Crippen molar-refractivity contribution in [2.45, 2.75) is 12.6 Å². The monoisotopic (exact) mass is 336 g/mol. The van der Waals surface area contributed by atoms with Gasteiger partial charge >= 0.3 is 6.18 Å². The lowest BCUT2D eigenvalue weighted by Gasteiger charge is -2.30. The average molecular weight is 337 g/mol. The normalized spacial score (nSPS) is 15.4. The first-order chi connectivity index (χ1) is 8.81. The second kappa shape index (κ2) is 5.03. The third-order valence-corrected chi connectivity index (χ3v) is 3.43. The molecule has 0 aromatic heterocycles. The Morgan fingerprint density at radius 2 is 2.11 bits per heavy atom. The van der Waals surface area contributed by atoms with E-state index in [0.29, 0.717) is 17.7 Å². The molecular weight excluding hydrogens is 325 g/mol. The molecule has 0 saturated carbocycles. The predicted molar refractivity (Wildman–Crippen MR) is 69.4 cm³/mol. The summed E-state index contributed by atoms with van der Waals surface area (Å²) in [7, 11) is 1.64. The number of hydrogen-bond donors (Lipinski definition) is 1. The van der Waals surface area contributed by atoms with Gasteiger partial charge in [-0.3, -0.25) is 4.79 Å². The summed E-state index contributed by atoms with van der Waals surface area (Å²) in [5.41, 5.74) is 1.64. The molecular formula is C12H12BrF3N2O. The van der Waals surface area contributed by atoms with Crippen molar-refractivity contribution < 1.29 is 18.0 Å². The molecule has 1 aliphatic heterocycles. The fourth-order valence-electron chi connectivity index (χ4n) is 2.19. The average Bonchev–Trinajstić information content (AvgIpc) is 2.30. The number of nitrogens with one attached hydrogen (secondary N) is 1. The van der Waals surface area contributed by atoms with Crippen molar-refractivity contribution in [1.82, 2.24) is 4.90 Å². The number of nitrogens with zero attached hydrogens (tertiary/aromatic N) is 1. The van der Waals surface area contributed by atoms with E-state index in [9.17, 15) is 18.0 Å². The number of rotatable bonds is 2. The van der Waals surface area contributed by atoms with Crippen molar-refractivity contribution in [3.05, 3.63) is 27.7 Å². The molecule has 3 nitrogen and oxygen atoms in total. The lowest BCUT2D eigenvalue weighted by molar-refractivity contribution is -0.141. The fraction of sp³-hybridized carbons (Fsp3) is 0.417. The molecule has 0 bridgehead atoms. The van der Waals surface area contributed by atoms with Crippen LogP contribution in [0.3, 0.4) is 0 Å². The van der Waals surface area contributed by atoms with E-state index in [4.69, 9.17) is 0 Å². The van der Waals surface area contributed by atoms with Crippen molar-refractivity contribution in [2.24, 2.45) is 0 Å². The standard InChI is InChI=1S/C12H12BrF3N2O/c1-17-9-5-8(13)4-7-2-3-18(6-12(14,15)16)11(19)10(7)9/h4-5,17H,2-3,6H2,1H3. The number of hydrogen-bond acceptors (Lipinski definition) is 2. The Kier molecular flexibility index (Phi) is 3.75. The van der Waals surface area contributed by atoms with Gasteiger partial charge in [-0.15, -0.1) is 0 Å². The van der Waals surface area contributed by atoms with Gasteiger partial charge in [0.25, 0.3) is 5.91 Å². The van der Waals surface area contributed by atoms with E-state index in [1.807, 2.05) is 0 Å². The molecule has 2 rings (SSSR count). The molecule has 1 aromatic rings. The topological polar surface area (TPSA) is 32.3 Å². The van der Waals surface area contributed by atoms with Crippen LogP contribution in [0.2, 0.25) is 0 Å². The maximum absolute atomic E-state index is 12.4. The molecule has 19 heavy (non-hydrogen) atoms. The van der Waals surface area contributed by atoms with E-state index in [2.05, 4.69) is 21.2 Å². The number of halogens is 4. The predicted octanol–water partition coefficient (Wildman–Crippen LogP) is 3.05. The van der Waals surface area contributed by atoms with Crippen LogP contribution in [-0.4, -0.2) is 37.1 Å². The Balaban J connectivity index is 2.37. The number of fused-ring (bicyclic) bond motifs is 1. The summed E-state index contributed by atoms with van der Waals surface area (Å²) >= 11 is 3.32. The highest BCUT2D eigenvalue weighted by Gasteiger charge is 2.36. The summed E-state index contributed by atoms with van der Waals surface area (Å²) in [5.74, 6) is -0.574. The van der Waals surface area contributed by atoms with Gasteiger partial charge in [0, 0.05) is 23.8 Å². The maximum Gasteiger partial charge on any atom is 0.406 e. The van der Waals surface area contributed by atoms with Crippen LogP contribution in [0, 0.1) is 0 Å². The largest absolute Gasteiger partial charge is 0.406 e. The quantitative estimate of drug-likeness (QED) is 0.900. The molecule has 0 saturated heterocycles. The molecule has 0 radical (unpaired) electrons. The van der Waals surface area contributed by atoms with Crippen LogP contribution in [0.15, 0.2) is 16.6 Å². The summed E-state index contributed by atoms with van der Waals surface area (Å²) < 4.78 is 38.1. The minimum atomic E-state index is -4.37. The third kappa shape index (κ3) is 3.02. The van der Waals surface area contributed by atoms with Crippen molar-refractivity contribution in [3.63, 3.8) is 0 Å². The van der Waals surface area contributed by atoms with E-state index in [1.54, 1.807) is 19.2 Å². The maximum atomic E-state index is 12.4. The van der Waals surface area contributed by atoms with Crippen LogP contribution in [0.5, 0.6) is 0 Å². The molecule has 7 heteroatoms. The van der Waals surface area contributed by atoms with Crippen molar-refractivity contribution in [1.29, 1.82) is 0 Å². The molecule has 104 valence electrons. The van der Waals surface area contributed by atoms with Gasteiger partial charge in [-0.25, -0.2) is 0 Å². The minimum Gasteiger partial charge on any atom is -0.387 e. The van der Waals surface area contributed by atoms with Crippen LogP contribution in [-0.2, 0) is 6.42 Å². The zero-order chi connectivity index (χ0) is 14.2. The molecule has 0 spiro atoms. The Bertz CT molecular complexity index is 499. The van der Waals surface area contributed by atoms with Crippen molar-refractivity contribution in [3.8, 4) is 0 Å². The van der Waals surface area contributed by atoms with E-state index in [1.165, 1.54) is 0 Å². The Morgan fingerprint density at radius 3 is 2.68 bits per heavy atom. The van der Waals surface area contributed by atoms with E-state index < -0.39 is 18.6 Å². The van der Waals surface area contributed by atoms with E-state index in [0.717, 1.165) is 14.9 Å². The first-order valence-corrected chi connectivity index (χ1v) is 6.47. The second-order valence-corrected chi connectivity index (χ2v) is 5.25. The number of anilines is 1. The number of alkyl halides is 3. The summed E-state index contributed by atoms with van der Waals surface area (Å²) in [5, 5.41) is 2.85. The molecule has 1 amide bonds. The molecule has 0 aliphatic carbocycles. The van der Waals surface area contributed by atoms with Crippen molar-refractivity contribution >= 4 is 27.5 Å². The molecule has 0 unspecified atom stereocenters. The zero-order valence-electron chi connectivity index (χ0n) is 10.1. The summed E-state index contributed by atoms with van der Waals surface area (Å²) in [6.45, 7) is -1.12. The highest BCUT2D eigenvalue weighted by molar-refractivity contribution is 9.10. The molecule has 0 atom stereocenters. The van der Waals surface area contributed by atoms with Crippen molar-refractivity contribution in [2.75, 3.05) is 25.5 Å². The van der Waals surface area contributed by atoms with Crippen LogP contribution in [0.1, 0.15) is 15.9 Å². The van der Waals surface area contributed by atoms with Gasteiger partial charge in [0.1, 0.15) is 6.54 Å². The van der Waals surface area contributed by atoms with Gasteiger partial charge in [0.05, 0.1) is 5.56 Å². The fourth-order valence-corrected chi connectivity index (χ4v) is 2.70. The van der Waals surface area contributed by atoms with Gasteiger partial charge in [-0.2, -0.15) is 13.2 Å². The number of benzene rings is 1. The second-order valence-electron chi connectivity index (χ2n) is 4.33. The molecule has 0 fully saturated rings. The van der Waals surface area contributed by atoms with Gasteiger partial charge in [0.2, 0.25) is 0 Å². The highest BCUT2D eigenvalue weighted by atomic mass is 79.9.